The van der Waals surface area contributed by atoms with Crippen molar-refractivity contribution in [1.82, 2.24) is 9.88 Å². The average Bonchev–Trinajstić information content (AvgIpc) is 3.17. The van der Waals surface area contributed by atoms with Gasteiger partial charge in [-0.2, -0.15) is 0 Å². The highest BCUT2D eigenvalue weighted by Crippen LogP contribution is 2.29. The van der Waals surface area contributed by atoms with Crippen LogP contribution in [0.1, 0.15) is 50.8 Å². The Morgan fingerprint density at radius 3 is 2.85 bits per heavy atom. The van der Waals surface area contributed by atoms with E-state index in [-0.39, 0.29) is 6.10 Å². The van der Waals surface area contributed by atoms with Gasteiger partial charge in [0.25, 0.3) is 0 Å². The standard InChI is InChI=1S/C19H29N3O4/c1-19(2,3)26-18(24)21-17-5-4-15(13-7-9-25-12-13)16(20-17)11-22-8-6-14(23)10-22/h4-5,13-14,23H,6-12H2,1-3H3,(H,20,21,24)/t13?,14-/m1/s1. The first kappa shape index (κ1) is 19.1. The van der Waals surface area contributed by atoms with Gasteiger partial charge in [-0.25, -0.2) is 9.78 Å². The number of aromatic nitrogens is 1. The maximum atomic E-state index is 12.0. The van der Waals surface area contributed by atoms with Crippen LogP contribution in [-0.4, -0.2) is 59.1 Å². The molecule has 2 fully saturated rings. The van der Waals surface area contributed by atoms with E-state index in [1.807, 2.05) is 32.9 Å². The van der Waals surface area contributed by atoms with Crippen LogP contribution in [-0.2, 0) is 16.0 Å². The molecule has 0 saturated carbocycles. The van der Waals surface area contributed by atoms with Crippen LogP contribution < -0.4 is 5.32 Å². The SMILES string of the molecule is CC(C)(C)OC(=O)Nc1ccc(C2CCOC2)c(CN2CC[C@@H](O)C2)n1. The van der Waals surface area contributed by atoms with E-state index >= 15 is 0 Å². The van der Waals surface area contributed by atoms with Gasteiger partial charge in [0.2, 0.25) is 0 Å². The van der Waals surface area contributed by atoms with Crippen molar-refractivity contribution >= 4 is 11.9 Å². The minimum atomic E-state index is -0.556. The van der Waals surface area contributed by atoms with Crippen molar-refractivity contribution in [3.63, 3.8) is 0 Å². The predicted octanol–water partition coefficient (Wildman–Crippen LogP) is 2.50. The van der Waals surface area contributed by atoms with Gasteiger partial charge in [0, 0.05) is 32.2 Å². The van der Waals surface area contributed by atoms with Crippen LogP contribution in [0.3, 0.4) is 0 Å². The number of aliphatic hydroxyl groups excluding tert-OH is 1. The minimum Gasteiger partial charge on any atom is -0.444 e. The van der Waals surface area contributed by atoms with E-state index in [4.69, 9.17) is 9.47 Å². The second-order valence-electron chi connectivity index (χ2n) is 8.10. The Kier molecular flexibility index (Phi) is 5.79. The van der Waals surface area contributed by atoms with Crippen molar-refractivity contribution in [3.05, 3.63) is 23.4 Å². The van der Waals surface area contributed by atoms with Crippen LogP contribution in [0.2, 0.25) is 0 Å². The van der Waals surface area contributed by atoms with Crippen LogP contribution >= 0.6 is 0 Å². The maximum Gasteiger partial charge on any atom is 0.413 e. The fourth-order valence-corrected chi connectivity index (χ4v) is 3.44. The van der Waals surface area contributed by atoms with Crippen molar-refractivity contribution in [3.8, 4) is 0 Å². The van der Waals surface area contributed by atoms with E-state index in [1.165, 1.54) is 5.56 Å². The number of β-amino-alcohol motifs (C(OH)–C–C–N with tert-alkyl or cyclic N) is 1. The Labute approximate surface area is 154 Å². The summed E-state index contributed by atoms with van der Waals surface area (Å²) in [6.07, 6.45) is 0.995. The number of rotatable bonds is 4. The highest BCUT2D eigenvalue weighted by molar-refractivity contribution is 5.83. The zero-order valence-electron chi connectivity index (χ0n) is 15.8. The van der Waals surface area contributed by atoms with Crippen molar-refractivity contribution in [1.29, 1.82) is 0 Å². The molecule has 2 saturated heterocycles. The smallest absolute Gasteiger partial charge is 0.413 e. The third kappa shape index (κ3) is 5.16. The molecular formula is C19H29N3O4. The molecule has 0 spiro atoms. The Morgan fingerprint density at radius 1 is 1.42 bits per heavy atom. The first-order valence-electron chi connectivity index (χ1n) is 9.28. The lowest BCUT2D eigenvalue weighted by Crippen LogP contribution is -2.28. The molecular weight excluding hydrogens is 334 g/mol. The second kappa shape index (κ2) is 7.90. The largest absolute Gasteiger partial charge is 0.444 e. The van der Waals surface area contributed by atoms with E-state index in [1.54, 1.807) is 0 Å². The van der Waals surface area contributed by atoms with Crippen molar-refractivity contribution in [2.45, 2.75) is 57.8 Å². The van der Waals surface area contributed by atoms with Crippen LogP contribution in [0.5, 0.6) is 0 Å². The van der Waals surface area contributed by atoms with Gasteiger partial charge in [0.1, 0.15) is 11.4 Å². The molecule has 0 aliphatic carbocycles. The molecule has 1 aromatic heterocycles. The Hall–Kier alpha value is -1.70. The molecule has 1 amide bonds. The number of likely N-dealkylation sites (tertiary alicyclic amines) is 1. The lowest BCUT2D eigenvalue weighted by molar-refractivity contribution is 0.0635. The summed E-state index contributed by atoms with van der Waals surface area (Å²) in [5.41, 5.74) is 1.54. The van der Waals surface area contributed by atoms with Gasteiger partial charge in [-0.15, -0.1) is 0 Å². The molecule has 1 unspecified atom stereocenters. The third-order valence-electron chi connectivity index (χ3n) is 4.63. The Morgan fingerprint density at radius 2 is 2.23 bits per heavy atom. The average molecular weight is 363 g/mol. The molecule has 2 aliphatic rings. The molecule has 2 N–H and O–H groups in total. The number of amides is 1. The number of aliphatic hydroxyl groups is 1. The molecule has 3 heterocycles. The monoisotopic (exact) mass is 363 g/mol. The maximum absolute atomic E-state index is 12.0. The van der Waals surface area contributed by atoms with Crippen LogP contribution in [0, 0.1) is 0 Å². The summed E-state index contributed by atoms with van der Waals surface area (Å²) in [4.78, 5) is 18.9. The molecule has 144 valence electrons. The number of nitrogens with zero attached hydrogens (tertiary/aromatic N) is 2. The summed E-state index contributed by atoms with van der Waals surface area (Å²) in [7, 11) is 0. The number of hydrogen-bond acceptors (Lipinski definition) is 6. The van der Waals surface area contributed by atoms with Crippen molar-refractivity contribution < 1.29 is 19.4 Å². The zero-order valence-corrected chi connectivity index (χ0v) is 15.8. The first-order valence-corrected chi connectivity index (χ1v) is 9.28. The van der Waals surface area contributed by atoms with E-state index in [9.17, 15) is 9.90 Å². The van der Waals surface area contributed by atoms with E-state index in [2.05, 4.69) is 15.2 Å². The topological polar surface area (TPSA) is 83.9 Å². The number of nitrogens with one attached hydrogen (secondary N) is 1. The highest BCUT2D eigenvalue weighted by Gasteiger charge is 2.26. The quantitative estimate of drug-likeness (QED) is 0.855. The number of carbonyl (C=O) groups excluding carboxylic acids is 1. The van der Waals surface area contributed by atoms with Gasteiger partial charge in [-0.05, 0) is 45.2 Å². The molecule has 7 heteroatoms. The number of ether oxygens (including phenoxy) is 2. The summed E-state index contributed by atoms with van der Waals surface area (Å²) in [5, 5.41) is 12.5. The highest BCUT2D eigenvalue weighted by atomic mass is 16.6. The summed E-state index contributed by atoms with van der Waals surface area (Å²) in [5.74, 6) is 0.817. The lowest BCUT2D eigenvalue weighted by Gasteiger charge is -2.21. The second-order valence-corrected chi connectivity index (χ2v) is 8.10. The first-order chi connectivity index (χ1) is 12.3. The number of hydrogen-bond donors (Lipinski definition) is 2. The summed E-state index contributed by atoms with van der Waals surface area (Å²) in [6.45, 7) is 9.13. The number of pyridine rings is 1. The normalized spacial score (nSPS) is 24.0. The van der Waals surface area contributed by atoms with E-state index in [0.717, 1.165) is 31.7 Å². The molecule has 0 radical (unpaired) electrons. The fourth-order valence-electron chi connectivity index (χ4n) is 3.44. The lowest BCUT2D eigenvalue weighted by atomic mass is 9.96. The molecule has 2 aliphatic heterocycles. The Bertz CT molecular complexity index is 638. The van der Waals surface area contributed by atoms with E-state index < -0.39 is 11.7 Å². The van der Waals surface area contributed by atoms with Gasteiger partial charge in [0.15, 0.2) is 0 Å². The molecule has 26 heavy (non-hydrogen) atoms. The summed E-state index contributed by atoms with van der Waals surface area (Å²) >= 11 is 0. The molecule has 0 bridgehead atoms. The van der Waals surface area contributed by atoms with Crippen molar-refractivity contribution in [2.75, 3.05) is 31.6 Å². The zero-order chi connectivity index (χ0) is 18.7. The van der Waals surface area contributed by atoms with Gasteiger partial charge in [-0.3, -0.25) is 10.2 Å². The number of anilines is 1. The van der Waals surface area contributed by atoms with Gasteiger partial charge < -0.3 is 14.6 Å². The van der Waals surface area contributed by atoms with Crippen LogP contribution in [0.4, 0.5) is 10.6 Å². The Balaban J connectivity index is 1.76. The molecule has 2 atom stereocenters. The van der Waals surface area contributed by atoms with Gasteiger partial charge in [0.05, 0.1) is 18.4 Å². The minimum absolute atomic E-state index is 0.267. The van der Waals surface area contributed by atoms with E-state index in [0.29, 0.717) is 31.4 Å². The van der Waals surface area contributed by atoms with Gasteiger partial charge in [-0.1, -0.05) is 6.07 Å². The molecule has 1 aromatic rings. The van der Waals surface area contributed by atoms with Crippen molar-refractivity contribution in [2.24, 2.45) is 0 Å². The fraction of sp³-hybridized carbons (Fsp3) is 0.684. The number of carbonyl (C=O) groups is 1. The third-order valence-corrected chi connectivity index (χ3v) is 4.63. The molecule has 0 aromatic carbocycles. The molecule has 3 rings (SSSR count). The molecule has 7 nitrogen and oxygen atoms in total. The van der Waals surface area contributed by atoms with Gasteiger partial charge >= 0.3 is 6.09 Å². The summed E-state index contributed by atoms with van der Waals surface area (Å²) in [6, 6.07) is 3.85. The van der Waals surface area contributed by atoms with Crippen LogP contribution in [0.25, 0.3) is 0 Å². The predicted molar refractivity (Wildman–Crippen MR) is 98.2 cm³/mol. The van der Waals surface area contributed by atoms with Crippen LogP contribution in [0.15, 0.2) is 12.1 Å². The summed E-state index contributed by atoms with van der Waals surface area (Å²) < 4.78 is 10.8.